The monoisotopic (exact) mass is 306 g/mol. The second-order valence-electron chi connectivity index (χ2n) is 5.93. The second-order valence-corrected chi connectivity index (χ2v) is 6.99. The SMILES string of the molecule is Cc1cccc(C2SCC(=O)N2C(CC(C)C)C(N)=O)c1. The molecule has 0 bridgehead atoms. The number of hydrogen-bond acceptors (Lipinski definition) is 3. The van der Waals surface area contributed by atoms with Crippen molar-refractivity contribution in [1.82, 2.24) is 4.90 Å². The number of thioether (sulfide) groups is 1. The van der Waals surface area contributed by atoms with E-state index >= 15 is 0 Å². The first-order valence-electron chi connectivity index (χ1n) is 7.18. The lowest BCUT2D eigenvalue weighted by molar-refractivity contribution is -0.137. The first-order valence-corrected chi connectivity index (χ1v) is 8.23. The fraction of sp³-hybridized carbons (Fsp3) is 0.500. The van der Waals surface area contributed by atoms with Gasteiger partial charge >= 0.3 is 0 Å². The molecule has 2 unspecified atom stereocenters. The van der Waals surface area contributed by atoms with Crippen molar-refractivity contribution < 1.29 is 9.59 Å². The highest BCUT2D eigenvalue weighted by Gasteiger charge is 2.40. The van der Waals surface area contributed by atoms with Crippen molar-refractivity contribution in [3.05, 3.63) is 35.4 Å². The average Bonchev–Trinajstić information content (AvgIpc) is 2.77. The first-order chi connectivity index (χ1) is 9.90. The predicted octanol–water partition coefficient (Wildman–Crippen LogP) is 2.47. The van der Waals surface area contributed by atoms with Crippen LogP contribution in [0, 0.1) is 12.8 Å². The Morgan fingerprint density at radius 2 is 2.19 bits per heavy atom. The van der Waals surface area contributed by atoms with Gasteiger partial charge in [-0.05, 0) is 24.8 Å². The molecule has 2 amide bonds. The molecule has 21 heavy (non-hydrogen) atoms. The van der Waals surface area contributed by atoms with Crippen LogP contribution in [0.3, 0.4) is 0 Å². The minimum absolute atomic E-state index is 0.00374. The lowest BCUT2D eigenvalue weighted by Gasteiger charge is -2.32. The third kappa shape index (κ3) is 3.59. The summed E-state index contributed by atoms with van der Waals surface area (Å²) in [4.78, 5) is 25.8. The normalized spacial score (nSPS) is 20.1. The number of carbonyl (C=O) groups excluding carboxylic acids is 2. The van der Waals surface area contributed by atoms with Gasteiger partial charge in [0.1, 0.15) is 11.4 Å². The standard InChI is InChI=1S/C16H22N2O2S/c1-10(2)7-13(15(17)20)18-14(19)9-21-16(18)12-6-4-5-11(3)8-12/h4-6,8,10,13,16H,7,9H2,1-3H3,(H2,17,20). The minimum atomic E-state index is -0.530. The molecule has 1 aromatic rings. The van der Waals surface area contributed by atoms with Gasteiger partial charge in [0, 0.05) is 0 Å². The molecule has 1 aromatic carbocycles. The van der Waals surface area contributed by atoms with Crippen molar-refractivity contribution >= 4 is 23.6 Å². The fourth-order valence-electron chi connectivity index (χ4n) is 2.67. The van der Waals surface area contributed by atoms with Gasteiger partial charge in [-0.3, -0.25) is 9.59 Å². The molecular weight excluding hydrogens is 284 g/mol. The summed E-state index contributed by atoms with van der Waals surface area (Å²) < 4.78 is 0. The van der Waals surface area contributed by atoms with Crippen molar-refractivity contribution in [2.45, 2.75) is 38.6 Å². The average molecular weight is 306 g/mol. The van der Waals surface area contributed by atoms with Gasteiger partial charge in [-0.25, -0.2) is 0 Å². The highest BCUT2D eigenvalue weighted by molar-refractivity contribution is 8.00. The molecule has 1 fully saturated rings. The summed E-state index contributed by atoms with van der Waals surface area (Å²) in [6, 6.07) is 7.54. The third-order valence-corrected chi connectivity index (χ3v) is 4.82. The molecule has 1 saturated heterocycles. The van der Waals surface area contributed by atoms with Crippen LogP contribution in [0.5, 0.6) is 0 Å². The Hall–Kier alpha value is -1.49. The zero-order chi connectivity index (χ0) is 15.6. The molecule has 114 valence electrons. The van der Waals surface area contributed by atoms with Gasteiger partial charge in [0.15, 0.2) is 0 Å². The van der Waals surface area contributed by atoms with E-state index in [9.17, 15) is 9.59 Å². The molecule has 1 aliphatic heterocycles. The van der Waals surface area contributed by atoms with Crippen LogP contribution >= 0.6 is 11.8 Å². The lowest BCUT2D eigenvalue weighted by atomic mass is 10.0. The number of benzene rings is 1. The topological polar surface area (TPSA) is 63.4 Å². The van der Waals surface area contributed by atoms with Gasteiger partial charge in [0.05, 0.1) is 5.75 Å². The molecule has 1 aliphatic rings. The Labute approximate surface area is 130 Å². The summed E-state index contributed by atoms with van der Waals surface area (Å²) >= 11 is 1.56. The van der Waals surface area contributed by atoms with Gasteiger partial charge in [-0.1, -0.05) is 43.7 Å². The summed E-state index contributed by atoms with van der Waals surface area (Å²) in [6.45, 7) is 6.09. The van der Waals surface area contributed by atoms with Crippen LogP contribution in [-0.2, 0) is 9.59 Å². The van der Waals surface area contributed by atoms with Crippen LogP contribution in [0.25, 0.3) is 0 Å². The van der Waals surface area contributed by atoms with E-state index in [1.165, 1.54) is 0 Å². The number of aryl methyl sites for hydroxylation is 1. The zero-order valence-electron chi connectivity index (χ0n) is 12.7. The quantitative estimate of drug-likeness (QED) is 0.909. The maximum Gasteiger partial charge on any atom is 0.240 e. The maximum atomic E-state index is 12.3. The molecule has 0 radical (unpaired) electrons. The summed E-state index contributed by atoms with van der Waals surface area (Å²) in [5.41, 5.74) is 7.76. The molecule has 4 nitrogen and oxygen atoms in total. The van der Waals surface area contributed by atoms with E-state index in [2.05, 4.69) is 6.07 Å². The molecule has 2 rings (SSSR count). The minimum Gasteiger partial charge on any atom is -0.368 e. The Morgan fingerprint density at radius 1 is 1.48 bits per heavy atom. The van der Waals surface area contributed by atoms with Crippen molar-refractivity contribution in [3.8, 4) is 0 Å². The molecule has 2 N–H and O–H groups in total. The second kappa shape index (κ2) is 6.52. The Balaban J connectivity index is 2.33. The van der Waals surface area contributed by atoms with Crippen molar-refractivity contribution in [2.24, 2.45) is 11.7 Å². The van der Waals surface area contributed by atoms with Crippen LogP contribution < -0.4 is 5.73 Å². The van der Waals surface area contributed by atoms with Gasteiger partial charge < -0.3 is 10.6 Å². The summed E-state index contributed by atoms with van der Waals surface area (Å²) in [6.07, 6.45) is 0.601. The summed E-state index contributed by atoms with van der Waals surface area (Å²) in [5, 5.41) is -0.117. The number of nitrogens with zero attached hydrogens (tertiary/aromatic N) is 1. The van der Waals surface area contributed by atoms with Crippen LogP contribution in [0.4, 0.5) is 0 Å². The molecule has 0 saturated carbocycles. The van der Waals surface area contributed by atoms with Crippen LogP contribution in [0.2, 0.25) is 0 Å². The largest absolute Gasteiger partial charge is 0.368 e. The number of primary amides is 1. The Bertz CT molecular complexity index is 545. The number of carbonyl (C=O) groups is 2. The summed E-state index contributed by atoms with van der Waals surface area (Å²) in [5.74, 6) is 0.285. The van der Waals surface area contributed by atoms with E-state index in [4.69, 9.17) is 5.73 Å². The number of rotatable bonds is 5. The highest BCUT2D eigenvalue weighted by Crippen LogP contribution is 2.41. The van der Waals surface area contributed by atoms with Crippen LogP contribution in [0.15, 0.2) is 24.3 Å². The van der Waals surface area contributed by atoms with Gasteiger partial charge in [0.2, 0.25) is 11.8 Å². The number of hydrogen-bond donors (Lipinski definition) is 1. The molecule has 2 atom stereocenters. The van der Waals surface area contributed by atoms with E-state index < -0.39 is 11.9 Å². The van der Waals surface area contributed by atoms with E-state index in [0.29, 0.717) is 18.1 Å². The smallest absolute Gasteiger partial charge is 0.240 e. The first kappa shape index (κ1) is 15.9. The predicted molar refractivity (Wildman–Crippen MR) is 85.7 cm³/mol. The molecule has 0 spiro atoms. The van der Waals surface area contributed by atoms with Crippen LogP contribution in [-0.4, -0.2) is 28.5 Å². The van der Waals surface area contributed by atoms with E-state index in [1.54, 1.807) is 16.7 Å². The molecular formula is C16H22N2O2S. The Kier molecular flexibility index (Phi) is 4.93. The number of nitrogens with two attached hydrogens (primary N) is 1. The molecule has 1 heterocycles. The maximum absolute atomic E-state index is 12.3. The van der Waals surface area contributed by atoms with Gasteiger partial charge in [-0.15, -0.1) is 11.8 Å². The van der Waals surface area contributed by atoms with Gasteiger partial charge in [0.25, 0.3) is 0 Å². The molecule has 0 aliphatic carbocycles. The van der Waals surface area contributed by atoms with E-state index in [1.807, 2.05) is 39.0 Å². The highest BCUT2D eigenvalue weighted by atomic mass is 32.2. The zero-order valence-corrected chi connectivity index (χ0v) is 13.5. The lowest BCUT2D eigenvalue weighted by Crippen LogP contribution is -2.47. The van der Waals surface area contributed by atoms with Crippen molar-refractivity contribution in [2.75, 3.05) is 5.75 Å². The van der Waals surface area contributed by atoms with Gasteiger partial charge in [-0.2, -0.15) is 0 Å². The number of amides is 2. The van der Waals surface area contributed by atoms with Crippen molar-refractivity contribution in [3.63, 3.8) is 0 Å². The fourth-order valence-corrected chi connectivity index (χ4v) is 3.88. The third-order valence-electron chi connectivity index (χ3n) is 3.59. The van der Waals surface area contributed by atoms with Crippen molar-refractivity contribution in [1.29, 1.82) is 0 Å². The molecule has 0 aromatic heterocycles. The van der Waals surface area contributed by atoms with Crippen LogP contribution in [0.1, 0.15) is 36.8 Å². The summed E-state index contributed by atoms with van der Waals surface area (Å²) in [7, 11) is 0. The molecule has 5 heteroatoms. The Morgan fingerprint density at radius 3 is 2.76 bits per heavy atom. The van der Waals surface area contributed by atoms with E-state index in [-0.39, 0.29) is 11.3 Å². The van der Waals surface area contributed by atoms with E-state index in [0.717, 1.165) is 11.1 Å².